The summed E-state index contributed by atoms with van der Waals surface area (Å²) in [5.74, 6) is 0. The fourth-order valence-electron chi connectivity index (χ4n) is 1.63. The van der Waals surface area contributed by atoms with Crippen LogP contribution in [-0.2, 0) is 0 Å². The SMILES string of the molecule is Cc1ccc([Si]2(Cl)CCC2)cc1. The molecule has 1 aromatic carbocycles. The summed E-state index contributed by atoms with van der Waals surface area (Å²) in [4.78, 5) is 0. The molecule has 12 heavy (non-hydrogen) atoms. The highest BCUT2D eigenvalue weighted by Crippen LogP contribution is 2.35. The van der Waals surface area contributed by atoms with E-state index < -0.39 is 7.38 Å². The molecule has 0 aliphatic carbocycles. The molecule has 0 bridgehead atoms. The summed E-state index contributed by atoms with van der Waals surface area (Å²) in [6.07, 6.45) is 1.34. The highest BCUT2D eigenvalue weighted by molar-refractivity contribution is 7.28. The molecule has 64 valence electrons. The van der Waals surface area contributed by atoms with Gasteiger partial charge in [0.2, 0.25) is 0 Å². The molecular weight excluding hydrogens is 184 g/mol. The summed E-state index contributed by atoms with van der Waals surface area (Å²) in [6.45, 7) is 2.12. The molecule has 1 aliphatic rings. The van der Waals surface area contributed by atoms with Gasteiger partial charge in [0.15, 0.2) is 7.38 Å². The summed E-state index contributed by atoms with van der Waals surface area (Å²) in [7, 11) is -1.42. The molecule has 0 spiro atoms. The minimum absolute atomic E-state index is 1.28. The van der Waals surface area contributed by atoms with E-state index in [2.05, 4.69) is 31.2 Å². The molecule has 1 aromatic rings. The standard InChI is InChI=1S/C10H13ClSi/c1-9-3-5-10(6-4-9)12(11)7-2-8-12/h3-6H,2,7-8H2,1H3. The van der Waals surface area contributed by atoms with Gasteiger partial charge in [0.05, 0.1) is 0 Å². The Labute approximate surface area is 79.3 Å². The van der Waals surface area contributed by atoms with Crippen molar-refractivity contribution in [1.29, 1.82) is 0 Å². The van der Waals surface area contributed by atoms with Crippen molar-refractivity contribution in [2.45, 2.75) is 25.4 Å². The average molecular weight is 197 g/mol. The lowest BCUT2D eigenvalue weighted by Gasteiger charge is -2.33. The summed E-state index contributed by atoms with van der Waals surface area (Å²) in [6, 6.07) is 11.3. The maximum absolute atomic E-state index is 6.52. The lowest BCUT2D eigenvalue weighted by atomic mass is 10.2. The lowest BCUT2D eigenvalue weighted by molar-refractivity contribution is 0.940. The molecule has 1 aliphatic heterocycles. The Morgan fingerprint density at radius 1 is 1.17 bits per heavy atom. The minimum atomic E-state index is -1.42. The van der Waals surface area contributed by atoms with Gasteiger partial charge in [-0.15, -0.1) is 0 Å². The zero-order valence-corrected chi connectivity index (χ0v) is 9.06. The molecule has 2 rings (SSSR count). The van der Waals surface area contributed by atoms with Crippen LogP contribution in [0.25, 0.3) is 0 Å². The molecule has 2 heteroatoms. The molecular formula is C10H13ClSi. The van der Waals surface area contributed by atoms with Gasteiger partial charge < -0.3 is 0 Å². The Bertz CT molecular complexity index is 274. The first kappa shape index (κ1) is 8.33. The van der Waals surface area contributed by atoms with E-state index in [-0.39, 0.29) is 0 Å². The van der Waals surface area contributed by atoms with Crippen molar-refractivity contribution in [3.8, 4) is 0 Å². The van der Waals surface area contributed by atoms with E-state index in [0.29, 0.717) is 0 Å². The molecule has 0 N–H and O–H groups in total. The third-order valence-corrected chi connectivity index (χ3v) is 8.16. The molecule has 0 nitrogen and oxygen atoms in total. The van der Waals surface area contributed by atoms with Gasteiger partial charge in [-0.1, -0.05) is 36.2 Å². The maximum atomic E-state index is 6.52. The number of benzene rings is 1. The van der Waals surface area contributed by atoms with Gasteiger partial charge in [0, 0.05) is 0 Å². The van der Waals surface area contributed by atoms with Gasteiger partial charge in [-0.2, -0.15) is 11.1 Å². The summed E-state index contributed by atoms with van der Waals surface area (Å²) in [5.41, 5.74) is 1.33. The molecule has 0 aromatic heterocycles. The van der Waals surface area contributed by atoms with Crippen LogP contribution in [0.2, 0.25) is 12.1 Å². The topological polar surface area (TPSA) is 0 Å². The van der Waals surface area contributed by atoms with Crippen molar-refractivity contribution in [2.75, 3.05) is 0 Å². The quantitative estimate of drug-likeness (QED) is 0.479. The van der Waals surface area contributed by atoms with E-state index in [0.717, 1.165) is 0 Å². The Hall–Kier alpha value is -0.273. The van der Waals surface area contributed by atoms with Gasteiger partial charge in [-0.25, -0.2) is 0 Å². The zero-order chi connectivity index (χ0) is 8.60. The van der Waals surface area contributed by atoms with E-state index in [1.165, 1.54) is 29.3 Å². The largest absolute Gasteiger partial charge is 0.186 e. The molecule has 0 radical (unpaired) electrons. The van der Waals surface area contributed by atoms with Crippen molar-refractivity contribution in [2.24, 2.45) is 0 Å². The first-order chi connectivity index (χ1) is 5.71. The summed E-state index contributed by atoms with van der Waals surface area (Å²) >= 11 is 6.52. The van der Waals surface area contributed by atoms with Crippen molar-refractivity contribution in [3.63, 3.8) is 0 Å². The van der Waals surface area contributed by atoms with E-state index in [4.69, 9.17) is 11.1 Å². The Morgan fingerprint density at radius 3 is 2.17 bits per heavy atom. The molecule has 0 saturated carbocycles. The van der Waals surface area contributed by atoms with Crippen molar-refractivity contribution in [3.05, 3.63) is 29.8 Å². The Kier molecular flexibility index (Phi) is 2.01. The van der Waals surface area contributed by atoms with Gasteiger partial charge in [0.1, 0.15) is 0 Å². The third-order valence-electron chi connectivity index (χ3n) is 2.72. The fourth-order valence-corrected chi connectivity index (χ4v) is 5.12. The predicted octanol–water partition coefficient (Wildman–Crippen LogP) is 2.79. The average Bonchev–Trinajstić information content (AvgIpc) is 2.02. The number of hydrogen-bond donors (Lipinski definition) is 0. The maximum Gasteiger partial charge on any atom is 0.186 e. The number of rotatable bonds is 1. The summed E-state index contributed by atoms with van der Waals surface area (Å²) in [5, 5.41) is 1.43. The van der Waals surface area contributed by atoms with E-state index in [9.17, 15) is 0 Å². The molecule has 0 amide bonds. The van der Waals surface area contributed by atoms with E-state index in [1.807, 2.05) is 0 Å². The van der Waals surface area contributed by atoms with Crippen LogP contribution >= 0.6 is 11.1 Å². The monoisotopic (exact) mass is 196 g/mol. The molecule has 1 heterocycles. The van der Waals surface area contributed by atoms with E-state index in [1.54, 1.807) is 0 Å². The fraction of sp³-hybridized carbons (Fsp3) is 0.400. The first-order valence-electron chi connectivity index (χ1n) is 4.47. The highest BCUT2D eigenvalue weighted by atomic mass is 35.6. The van der Waals surface area contributed by atoms with Crippen LogP contribution in [-0.4, -0.2) is 7.38 Å². The molecule has 1 saturated heterocycles. The zero-order valence-electron chi connectivity index (χ0n) is 7.31. The van der Waals surface area contributed by atoms with Crippen LogP contribution in [0, 0.1) is 6.92 Å². The van der Waals surface area contributed by atoms with Crippen LogP contribution in [0.4, 0.5) is 0 Å². The van der Waals surface area contributed by atoms with Crippen molar-refractivity contribution in [1.82, 2.24) is 0 Å². The lowest BCUT2D eigenvalue weighted by Crippen LogP contribution is -2.47. The normalized spacial score (nSPS) is 20.2. The van der Waals surface area contributed by atoms with Gasteiger partial charge in [-0.05, 0) is 24.2 Å². The van der Waals surface area contributed by atoms with Crippen LogP contribution in [0.15, 0.2) is 24.3 Å². The number of halogens is 1. The van der Waals surface area contributed by atoms with Crippen LogP contribution < -0.4 is 5.19 Å². The third kappa shape index (κ3) is 1.32. The number of aryl methyl sites for hydroxylation is 1. The van der Waals surface area contributed by atoms with Crippen LogP contribution in [0.3, 0.4) is 0 Å². The van der Waals surface area contributed by atoms with Crippen molar-refractivity contribution < 1.29 is 0 Å². The summed E-state index contributed by atoms with van der Waals surface area (Å²) < 4.78 is 0. The predicted molar refractivity (Wildman–Crippen MR) is 56.7 cm³/mol. The number of hydrogen-bond acceptors (Lipinski definition) is 0. The Morgan fingerprint density at radius 2 is 1.75 bits per heavy atom. The van der Waals surface area contributed by atoms with Crippen LogP contribution in [0.1, 0.15) is 12.0 Å². The second kappa shape index (κ2) is 2.89. The van der Waals surface area contributed by atoms with Gasteiger partial charge in [-0.3, -0.25) is 0 Å². The van der Waals surface area contributed by atoms with E-state index >= 15 is 0 Å². The molecule has 0 atom stereocenters. The van der Waals surface area contributed by atoms with Crippen LogP contribution in [0.5, 0.6) is 0 Å². The minimum Gasteiger partial charge on any atom is -0.161 e. The second-order valence-corrected chi connectivity index (χ2v) is 9.36. The Balaban J connectivity index is 2.28. The van der Waals surface area contributed by atoms with Gasteiger partial charge >= 0.3 is 0 Å². The highest BCUT2D eigenvalue weighted by Gasteiger charge is 2.39. The van der Waals surface area contributed by atoms with Crippen molar-refractivity contribution >= 4 is 23.6 Å². The van der Waals surface area contributed by atoms with Gasteiger partial charge in [0.25, 0.3) is 0 Å². The first-order valence-corrected chi connectivity index (χ1v) is 7.89. The smallest absolute Gasteiger partial charge is 0.161 e. The second-order valence-electron chi connectivity index (χ2n) is 3.68. The molecule has 1 fully saturated rings. The molecule has 0 unspecified atom stereocenters.